The third-order valence-corrected chi connectivity index (χ3v) is 5.58. The topological polar surface area (TPSA) is 43.7 Å². The summed E-state index contributed by atoms with van der Waals surface area (Å²) in [6, 6.07) is 10.2. The molecule has 0 saturated carbocycles. The molecule has 30 heavy (non-hydrogen) atoms. The van der Waals surface area contributed by atoms with Crippen LogP contribution in [0.25, 0.3) is 10.6 Å². The number of hydrogen-bond donors (Lipinski definition) is 0. The quantitative estimate of drug-likeness (QED) is 0.396. The van der Waals surface area contributed by atoms with Gasteiger partial charge in [-0.1, -0.05) is 23.7 Å². The van der Waals surface area contributed by atoms with Crippen molar-refractivity contribution in [3.8, 4) is 16.3 Å². The van der Waals surface area contributed by atoms with Crippen LogP contribution < -0.4 is 4.74 Å². The maximum absolute atomic E-state index is 12.8. The molecule has 0 radical (unpaired) electrons. The van der Waals surface area contributed by atoms with Gasteiger partial charge in [0.15, 0.2) is 0 Å². The molecule has 0 aliphatic carbocycles. The summed E-state index contributed by atoms with van der Waals surface area (Å²) in [6.07, 6.45) is -2.72. The molecule has 1 aromatic heterocycles. The van der Waals surface area contributed by atoms with E-state index in [2.05, 4.69) is 9.98 Å². The average Bonchev–Trinajstić information content (AvgIpc) is 3.11. The molecule has 0 N–H and O–H groups in total. The minimum Gasteiger partial charge on any atom is -0.488 e. The predicted octanol–water partition coefficient (Wildman–Crippen LogP) is 6.26. The Morgan fingerprint density at radius 2 is 1.87 bits per heavy atom. The van der Waals surface area contributed by atoms with Crippen LogP contribution in [0.5, 0.6) is 5.75 Å². The summed E-state index contributed by atoms with van der Waals surface area (Å²) in [6.45, 7) is 0.497. The second-order valence-electron chi connectivity index (χ2n) is 6.26. The summed E-state index contributed by atoms with van der Waals surface area (Å²) in [5, 5.41) is 1.12. The van der Waals surface area contributed by atoms with E-state index >= 15 is 0 Å². The summed E-state index contributed by atoms with van der Waals surface area (Å²) in [5.41, 5.74) is 1.37. The molecule has 0 unspecified atom stereocenters. The van der Waals surface area contributed by atoms with E-state index in [-0.39, 0.29) is 13.2 Å². The molecule has 3 aromatic rings. The minimum absolute atomic E-state index is 0.231. The second kappa shape index (κ2) is 9.59. The molecule has 1 heterocycles. The number of thiazole rings is 1. The standard InChI is InChI=1S/C21H18ClF3N2O2S/c1-26-10-14-5-8-16(9-17(14)22)29-12-19-18(11-28-2)27-20(30-19)13-3-6-15(7-4-13)21(23,24)25/h3-10H,11-12H2,1-2H3. The van der Waals surface area contributed by atoms with Crippen molar-refractivity contribution >= 4 is 29.2 Å². The SMILES string of the molecule is CN=Cc1ccc(OCc2sc(-c3ccc(C(F)(F)F)cc3)nc2COC)cc1Cl. The van der Waals surface area contributed by atoms with Crippen LogP contribution in [0.3, 0.4) is 0 Å². The number of aliphatic imine (C=N–C) groups is 1. The molecule has 4 nitrogen and oxygen atoms in total. The molecule has 2 aromatic carbocycles. The molecule has 3 rings (SSSR count). The van der Waals surface area contributed by atoms with Crippen molar-refractivity contribution in [2.75, 3.05) is 14.2 Å². The minimum atomic E-state index is -4.37. The maximum Gasteiger partial charge on any atom is 0.416 e. The molecule has 0 amide bonds. The Kier molecular flexibility index (Phi) is 7.12. The molecule has 0 saturated heterocycles. The van der Waals surface area contributed by atoms with Crippen molar-refractivity contribution < 1.29 is 22.6 Å². The molecule has 0 spiro atoms. The fourth-order valence-corrected chi connectivity index (χ4v) is 3.86. The summed E-state index contributed by atoms with van der Waals surface area (Å²) in [5.74, 6) is 0.584. The second-order valence-corrected chi connectivity index (χ2v) is 7.75. The zero-order chi connectivity index (χ0) is 21.7. The number of methoxy groups -OCH3 is 1. The predicted molar refractivity (Wildman–Crippen MR) is 113 cm³/mol. The van der Waals surface area contributed by atoms with E-state index in [4.69, 9.17) is 21.1 Å². The molecule has 0 aliphatic heterocycles. The first kappa shape index (κ1) is 22.3. The highest BCUT2D eigenvalue weighted by atomic mass is 35.5. The summed E-state index contributed by atoms with van der Waals surface area (Å²) in [7, 11) is 3.21. The lowest BCUT2D eigenvalue weighted by atomic mass is 10.1. The Morgan fingerprint density at radius 3 is 2.47 bits per heavy atom. The Balaban J connectivity index is 1.80. The fourth-order valence-electron chi connectivity index (χ4n) is 2.66. The van der Waals surface area contributed by atoms with E-state index in [1.807, 2.05) is 0 Å². The molecule has 0 bridgehead atoms. The van der Waals surface area contributed by atoms with Crippen molar-refractivity contribution in [1.29, 1.82) is 0 Å². The highest BCUT2D eigenvalue weighted by molar-refractivity contribution is 7.15. The van der Waals surface area contributed by atoms with Crippen molar-refractivity contribution in [2.45, 2.75) is 19.4 Å². The lowest BCUT2D eigenvalue weighted by Gasteiger charge is -2.07. The molecule has 0 atom stereocenters. The van der Waals surface area contributed by atoms with Crippen LogP contribution in [-0.2, 0) is 24.1 Å². The average molecular weight is 455 g/mol. The first-order chi connectivity index (χ1) is 14.3. The lowest BCUT2D eigenvalue weighted by Crippen LogP contribution is -2.03. The van der Waals surface area contributed by atoms with Gasteiger partial charge >= 0.3 is 6.18 Å². The normalized spacial score (nSPS) is 11.9. The monoisotopic (exact) mass is 454 g/mol. The molecular weight excluding hydrogens is 437 g/mol. The van der Waals surface area contributed by atoms with E-state index < -0.39 is 11.7 Å². The van der Waals surface area contributed by atoms with Crippen LogP contribution in [-0.4, -0.2) is 25.4 Å². The zero-order valence-electron chi connectivity index (χ0n) is 16.2. The molecule has 158 valence electrons. The van der Waals surface area contributed by atoms with Gasteiger partial charge in [-0.05, 0) is 30.3 Å². The van der Waals surface area contributed by atoms with Crippen molar-refractivity contribution in [3.63, 3.8) is 0 Å². The van der Waals surface area contributed by atoms with Gasteiger partial charge < -0.3 is 9.47 Å². The largest absolute Gasteiger partial charge is 0.488 e. The van der Waals surface area contributed by atoms with E-state index in [9.17, 15) is 13.2 Å². The first-order valence-corrected chi connectivity index (χ1v) is 10.0. The van der Waals surface area contributed by atoms with E-state index in [0.29, 0.717) is 27.0 Å². The number of ether oxygens (including phenoxy) is 2. The molecular formula is C21H18ClF3N2O2S. The van der Waals surface area contributed by atoms with Gasteiger partial charge in [-0.25, -0.2) is 4.98 Å². The van der Waals surface area contributed by atoms with E-state index in [1.54, 1.807) is 38.6 Å². The van der Waals surface area contributed by atoms with Crippen LogP contribution in [0, 0.1) is 0 Å². The molecule has 0 aliphatic rings. The number of halogens is 4. The van der Waals surface area contributed by atoms with Gasteiger partial charge in [0.2, 0.25) is 0 Å². The smallest absolute Gasteiger partial charge is 0.416 e. The van der Waals surface area contributed by atoms with Gasteiger partial charge in [-0.2, -0.15) is 13.2 Å². The molecule has 9 heteroatoms. The van der Waals surface area contributed by atoms with E-state index in [0.717, 1.165) is 22.6 Å². The zero-order valence-corrected chi connectivity index (χ0v) is 17.7. The Morgan fingerprint density at radius 1 is 1.13 bits per heavy atom. The van der Waals surface area contributed by atoms with Crippen LogP contribution >= 0.6 is 22.9 Å². The highest BCUT2D eigenvalue weighted by Crippen LogP contribution is 2.34. The van der Waals surface area contributed by atoms with Gasteiger partial charge in [0.05, 0.1) is 27.8 Å². The van der Waals surface area contributed by atoms with Gasteiger partial charge in [-0.3, -0.25) is 4.99 Å². The van der Waals surface area contributed by atoms with Gasteiger partial charge in [0.1, 0.15) is 17.4 Å². The number of alkyl halides is 3. The Hall–Kier alpha value is -2.42. The maximum atomic E-state index is 12.8. The Labute approximate surface area is 181 Å². The highest BCUT2D eigenvalue weighted by Gasteiger charge is 2.30. The Bertz CT molecular complexity index is 1030. The summed E-state index contributed by atoms with van der Waals surface area (Å²) in [4.78, 5) is 9.28. The van der Waals surface area contributed by atoms with E-state index in [1.165, 1.54) is 23.5 Å². The molecule has 0 fully saturated rings. The third-order valence-electron chi connectivity index (χ3n) is 4.13. The number of aromatic nitrogens is 1. The van der Waals surface area contributed by atoms with Crippen LogP contribution in [0.15, 0.2) is 47.5 Å². The first-order valence-electron chi connectivity index (χ1n) is 8.81. The fraction of sp³-hybridized carbons (Fsp3) is 0.238. The summed E-state index contributed by atoms with van der Waals surface area (Å²) < 4.78 is 49.4. The van der Waals surface area contributed by atoms with Gasteiger partial charge in [0.25, 0.3) is 0 Å². The van der Waals surface area contributed by atoms with Gasteiger partial charge in [-0.15, -0.1) is 11.3 Å². The van der Waals surface area contributed by atoms with Crippen molar-refractivity contribution in [3.05, 3.63) is 69.2 Å². The van der Waals surface area contributed by atoms with Gasteiger partial charge in [0, 0.05) is 31.5 Å². The van der Waals surface area contributed by atoms with Crippen LogP contribution in [0.2, 0.25) is 5.02 Å². The van der Waals surface area contributed by atoms with Crippen LogP contribution in [0.1, 0.15) is 21.7 Å². The lowest BCUT2D eigenvalue weighted by molar-refractivity contribution is -0.137. The third kappa shape index (κ3) is 5.38. The van der Waals surface area contributed by atoms with Crippen molar-refractivity contribution in [2.24, 2.45) is 4.99 Å². The number of nitrogens with zero attached hydrogens (tertiary/aromatic N) is 2. The number of hydrogen-bond acceptors (Lipinski definition) is 5. The van der Waals surface area contributed by atoms with Crippen molar-refractivity contribution in [1.82, 2.24) is 4.98 Å². The number of rotatable bonds is 7. The number of benzene rings is 2. The summed E-state index contributed by atoms with van der Waals surface area (Å²) >= 11 is 7.57. The van der Waals surface area contributed by atoms with Crippen LogP contribution in [0.4, 0.5) is 13.2 Å².